The number of nitrogens with one attached hydrogen (secondary N) is 1. The minimum atomic E-state index is -0.233. The quantitative estimate of drug-likeness (QED) is 0.836. The average Bonchev–Trinajstić information content (AvgIpc) is 2.25. The molecule has 1 aromatic rings. The second-order valence-corrected chi connectivity index (χ2v) is 4.40. The number of aryl methyl sites for hydroxylation is 1. The number of rotatable bonds is 4. The molecule has 0 saturated carbocycles. The standard InChI is InChI=1S/C12H16BrNO2/c1-3-9(7-13)14-12(16)10-5-4-8(2)6-11(10)15/h4-6,9,15H,3,7H2,1-2H3,(H,14,16). The van der Waals surface area contributed by atoms with E-state index < -0.39 is 0 Å². The van der Waals surface area contributed by atoms with Crippen LogP contribution < -0.4 is 5.32 Å². The molecule has 1 unspecified atom stereocenters. The molecular formula is C12H16BrNO2. The molecule has 0 bridgehead atoms. The molecule has 16 heavy (non-hydrogen) atoms. The topological polar surface area (TPSA) is 49.3 Å². The molecule has 1 amide bonds. The van der Waals surface area contributed by atoms with Crippen molar-refractivity contribution < 1.29 is 9.90 Å². The first kappa shape index (κ1) is 13.0. The summed E-state index contributed by atoms with van der Waals surface area (Å²) in [5, 5.41) is 13.2. The molecule has 0 spiro atoms. The van der Waals surface area contributed by atoms with Gasteiger partial charge in [0.05, 0.1) is 5.56 Å². The summed E-state index contributed by atoms with van der Waals surface area (Å²) in [6, 6.07) is 5.13. The number of carbonyl (C=O) groups excluding carboxylic acids is 1. The maximum Gasteiger partial charge on any atom is 0.255 e. The Labute approximate surface area is 104 Å². The number of amides is 1. The van der Waals surface area contributed by atoms with Crippen molar-refractivity contribution in [1.29, 1.82) is 0 Å². The predicted octanol–water partition coefficient (Wildman–Crippen LogP) is 2.60. The summed E-state index contributed by atoms with van der Waals surface area (Å²) in [6.45, 7) is 3.87. The van der Waals surface area contributed by atoms with E-state index in [1.54, 1.807) is 12.1 Å². The smallest absolute Gasteiger partial charge is 0.255 e. The molecule has 4 heteroatoms. The van der Waals surface area contributed by atoms with Gasteiger partial charge in [0, 0.05) is 11.4 Å². The molecule has 2 N–H and O–H groups in total. The summed E-state index contributed by atoms with van der Waals surface area (Å²) < 4.78 is 0. The van der Waals surface area contributed by atoms with Crippen molar-refractivity contribution in [3.05, 3.63) is 29.3 Å². The highest BCUT2D eigenvalue weighted by Gasteiger charge is 2.14. The Kier molecular flexibility index (Phi) is 4.80. The molecule has 1 atom stereocenters. The first-order valence-electron chi connectivity index (χ1n) is 5.25. The number of carbonyl (C=O) groups is 1. The van der Waals surface area contributed by atoms with E-state index in [0.717, 1.165) is 12.0 Å². The van der Waals surface area contributed by atoms with Crippen LogP contribution in [0.1, 0.15) is 29.3 Å². The molecule has 0 heterocycles. The van der Waals surface area contributed by atoms with Crippen LogP contribution in [0.3, 0.4) is 0 Å². The van der Waals surface area contributed by atoms with Gasteiger partial charge in [-0.2, -0.15) is 0 Å². The normalized spacial score (nSPS) is 12.2. The van der Waals surface area contributed by atoms with Gasteiger partial charge in [0.1, 0.15) is 5.75 Å². The maximum atomic E-state index is 11.8. The number of aromatic hydroxyl groups is 1. The number of halogens is 1. The SMILES string of the molecule is CCC(CBr)NC(=O)c1ccc(C)cc1O. The zero-order valence-electron chi connectivity index (χ0n) is 9.46. The third kappa shape index (κ3) is 3.23. The fourth-order valence-electron chi connectivity index (χ4n) is 1.35. The molecule has 0 saturated heterocycles. The summed E-state index contributed by atoms with van der Waals surface area (Å²) in [7, 11) is 0. The van der Waals surface area contributed by atoms with Crippen molar-refractivity contribution in [1.82, 2.24) is 5.32 Å². The molecule has 0 radical (unpaired) electrons. The summed E-state index contributed by atoms with van der Waals surface area (Å²) >= 11 is 3.33. The van der Waals surface area contributed by atoms with Crippen LogP contribution in [0.2, 0.25) is 0 Å². The lowest BCUT2D eigenvalue weighted by Gasteiger charge is -2.14. The number of phenols is 1. The van der Waals surface area contributed by atoms with E-state index in [9.17, 15) is 9.90 Å². The van der Waals surface area contributed by atoms with Crippen LogP contribution in [0, 0.1) is 6.92 Å². The van der Waals surface area contributed by atoms with Crippen molar-refractivity contribution in [3.8, 4) is 5.75 Å². The highest BCUT2D eigenvalue weighted by atomic mass is 79.9. The first-order chi connectivity index (χ1) is 7.58. The van der Waals surface area contributed by atoms with E-state index in [1.807, 2.05) is 19.9 Å². The van der Waals surface area contributed by atoms with E-state index >= 15 is 0 Å². The molecule has 1 aromatic carbocycles. The number of hydrogen-bond donors (Lipinski definition) is 2. The van der Waals surface area contributed by atoms with Crippen molar-refractivity contribution in [3.63, 3.8) is 0 Å². The minimum Gasteiger partial charge on any atom is -0.507 e. The average molecular weight is 286 g/mol. The second kappa shape index (κ2) is 5.89. The third-order valence-corrected chi connectivity index (χ3v) is 3.19. The van der Waals surface area contributed by atoms with Crippen LogP contribution in [0.4, 0.5) is 0 Å². The molecule has 1 rings (SSSR count). The Morgan fingerprint density at radius 3 is 2.75 bits per heavy atom. The van der Waals surface area contributed by atoms with Crippen LogP contribution >= 0.6 is 15.9 Å². The number of alkyl halides is 1. The van der Waals surface area contributed by atoms with Crippen LogP contribution in [0.25, 0.3) is 0 Å². The summed E-state index contributed by atoms with van der Waals surface area (Å²) in [6.07, 6.45) is 0.851. The number of phenolic OH excluding ortho intramolecular Hbond substituents is 1. The fraction of sp³-hybridized carbons (Fsp3) is 0.417. The summed E-state index contributed by atoms with van der Waals surface area (Å²) in [5.41, 5.74) is 1.26. The number of hydrogen-bond acceptors (Lipinski definition) is 2. The molecule has 88 valence electrons. The van der Waals surface area contributed by atoms with E-state index in [1.165, 1.54) is 0 Å². The number of benzene rings is 1. The van der Waals surface area contributed by atoms with Gasteiger partial charge in [-0.1, -0.05) is 28.9 Å². The van der Waals surface area contributed by atoms with E-state index in [2.05, 4.69) is 21.2 Å². The van der Waals surface area contributed by atoms with Crippen LogP contribution in [0.15, 0.2) is 18.2 Å². The molecule has 0 fully saturated rings. The molecule has 0 aliphatic heterocycles. The highest BCUT2D eigenvalue weighted by molar-refractivity contribution is 9.09. The Hall–Kier alpha value is -1.03. The lowest BCUT2D eigenvalue weighted by atomic mass is 10.1. The van der Waals surface area contributed by atoms with Gasteiger partial charge in [0.25, 0.3) is 5.91 Å². The second-order valence-electron chi connectivity index (χ2n) is 3.75. The Bertz CT molecular complexity index is 375. The van der Waals surface area contributed by atoms with Gasteiger partial charge < -0.3 is 10.4 Å². The first-order valence-corrected chi connectivity index (χ1v) is 6.37. The Morgan fingerprint density at radius 1 is 1.56 bits per heavy atom. The van der Waals surface area contributed by atoms with E-state index in [4.69, 9.17) is 0 Å². The van der Waals surface area contributed by atoms with Gasteiger partial charge in [-0.05, 0) is 31.0 Å². The molecule has 3 nitrogen and oxygen atoms in total. The van der Waals surface area contributed by atoms with Crippen molar-refractivity contribution in [2.24, 2.45) is 0 Å². The van der Waals surface area contributed by atoms with Crippen LogP contribution in [0.5, 0.6) is 5.75 Å². The summed E-state index contributed by atoms with van der Waals surface area (Å²) in [5.74, 6) is -0.203. The van der Waals surface area contributed by atoms with E-state index in [0.29, 0.717) is 10.9 Å². The van der Waals surface area contributed by atoms with Crippen molar-refractivity contribution >= 4 is 21.8 Å². The lowest BCUT2D eigenvalue weighted by molar-refractivity contribution is 0.0937. The predicted molar refractivity (Wildman–Crippen MR) is 68.2 cm³/mol. The molecule has 0 aromatic heterocycles. The van der Waals surface area contributed by atoms with Crippen LogP contribution in [-0.4, -0.2) is 22.4 Å². The fourth-order valence-corrected chi connectivity index (χ4v) is 1.97. The van der Waals surface area contributed by atoms with Crippen LogP contribution in [-0.2, 0) is 0 Å². The van der Waals surface area contributed by atoms with Gasteiger partial charge in [-0.3, -0.25) is 4.79 Å². The largest absolute Gasteiger partial charge is 0.507 e. The molecule has 0 aliphatic rings. The van der Waals surface area contributed by atoms with Crippen molar-refractivity contribution in [2.45, 2.75) is 26.3 Å². The van der Waals surface area contributed by atoms with Gasteiger partial charge in [-0.15, -0.1) is 0 Å². The Balaban J connectivity index is 2.80. The molecular weight excluding hydrogens is 270 g/mol. The van der Waals surface area contributed by atoms with E-state index in [-0.39, 0.29) is 17.7 Å². The zero-order chi connectivity index (χ0) is 12.1. The zero-order valence-corrected chi connectivity index (χ0v) is 11.0. The maximum absolute atomic E-state index is 11.8. The van der Waals surface area contributed by atoms with Gasteiger partial charge in [-0.25, -0.2) is 0 Å². The third-order valence-electron chi connectivity index (χ3n) is 2.41. The Morgan fingerprint density at radius 2 is 2.25 bits per heavy atom. The lowest BCUT2D eigenvalue weighted by Crippen LogP contribution is -2.35. The minimum absolute atomic E-state index is 0.0296. The van der Waals surface area contributed by atoms with Gasteiger partial charge in [0.2, 0.25) is 0 Å². The van der Waals surface area contributed by atoms with Gasteiger partial charge >= 0.3 is 0 Å². The van der Waals surface area contributed by atoms with Crippen molar-refractivity contribution in [2.75, 3.05) is 5.33 Å². The molecule has 0 aliphatic carbocycles. The monoisotopic (exact) mass is 285 g/mol. The highest BCUT2D eigenvalue weighted by Crippen LogP contribution is 2.18. The van der Waals surface area contributed by atoms with Gasteiger partial charge in [0.15, 0.2) is 0 Å². The summed E-state index contributed by atoms with van der Waals surface area (Å²) in [4.78, 5) is 11.8.